The molecule has 0 aliphatic rings. The molecule has 0 saturated carbocycles. The lowest BCUT2D eigenvalue weighted by atomic mass is 10.2. The van der Waals surface area contributed by atoms with Crippen molar-refractivity contribution in [3.05, 3.63) is 18.0 Å². The lowest BCUT2D eigenvalue weighted by molar-refractivity contribution is 0.391. The molecule has 0 aliphatic carbocycles. The van der Waals surface area contributed by atoms with Gasteiger partial charge in [0.15, 0.2) is 0 Å². The molecule has 0 saturated heterocycles. The number of nitrogens with one attached hydrogen (secondary N) is 1. The second-order valence-electron chi connectivity index (χ2n) is 4.86. The Labute approximate surface area is 105 Å². The molecule has 1 aromatic heterocycles. The van der Waals surface area contributed by atoms with Gasteiger partial charge in [-0.1, -0.05) is 6.92 Å². The Balaban J connectivity index is 2.29. The summed E-state index contributed by atoms with van der Waals surface area (Å²) in [6.07, 6.45) is 4.20. The molecule has 17 heavy (non-hydrogen) atoms. The zero-order valence-electron chi connectivity index (χ0n) is 11.6. The molecule has 0 aromatic carbocycles. The molecule has 0 amide bonds. The van der Waals surface area contributed by atoms with Crippen molar-refractivity contribution in [3.8, 4) is 0 Å². The number of nitrogens with zero attached hydrogens (tertiary/aromatic N) is 3. The van der Waals surface area contributed by atoms with E-state index in [9.17, 15) is 0 Å². The second kappa shape index (κ2) is 7.45. The maximum absolute atomic E-state index is 4.38. The first-order valence-electron chi connectivity index (χ1n) is 6.53. The predicted octanol–water partition coefficient (Wildman–Crippen LogP) is 1.90. The van der Waals surface area contributed by atoms with Gasteiger partial charge in [0.1, 0.15) is 0 Å². The van der Waals surface area contributed by atoms with Gasteiger partial charge in [-0.2, -0.15) is 5.10 Å². The van der Waals surface area contributed by atoms with Crippen LogP contribution in [0.4, 0.5) is 0 Å². The Hall–Kier alpha value is -0.870. The molecule has 0 spiro atoms. The smallest absolute Gasteiger partial charge is 0.0525 e. The van der Waals surface area contributed by atoms with E-state index in [2.05, 4.69) is 54.0 Å². The summed E-state index contributed by atoms with van der Waals surface area (Å²) in [6, 6.07) is 2.59. The lowest BCUT2D eigenvalue weighted by Gasteiger charge is -2.14. The Morgan fingerprint density at radius 3 is 2.88 bits per heavy atom. The third kappa shape index (κ3) is 4.88. The van der Waals surface area contributed by atoms with E-state index in [0.717, 1.165) is 26.1 Å². The number of aromatic nitrogens is 2. The average Bonchev–Trinajstić information content (AvgIpc) is 2.75. The van der Waals surface area contributed by atoms with Crippen molar-refractivity contribution in [1.82, 2.24) is 20.0 Å². The van der Waals surface area contributed by atoms with Crippen molar-refractivity contribution >= 4 is 0 Å². The second-order valence-corrected chi connectivity index (χ2v) is 4.86. The van der Waals surface area contributed by atoms with Crippen LogP contribution in [0.2, 0.25) is 0 Å². The van der Waals surface area contributed by atoms with E-state index in [1.165, 1.54) is 12.1 Å². The van der Waals surface area contributed by atoms with Crippen LogP contribution in [0, 0.1) is 0 Å². The predicted molar refractivity (Wildman–Crippen MR) is 72.1 cm³/mol. The van der Waals surface area contributed by atoms with Gasteiger partial charge in [0.25, 0.3) is 0 Å². The van der Waals surface area contributed by atoms with E-state index in [1.807, 2.05) is 6.20 Å². The van der Waals surface area contributed by atoms with Crippen LogP contribution in [0.25, 0.3) is 0 Å². The molecule has 1 aromatic rings. The highest BCUT2D eigenvalue weighted by Crippen LogP contribution is 2.11. The van der Waals surface area contributed by atoms with Crippen LogP contribution in [0.3, 0.4) is 0 Å². The zero-order chi connectivity index (χ0) is 12.7. The van der Waals surface area contributed by atoms with Gasteiger partial charge in [-0.25, -0.2) is 0 Å². The van der Waals surface area contributed by atoms with E-state index in [1.54, 1.807) is 0 Å². The maximum atomic E-state index is 4.38. The third-order valence-corrected chi connectivity index (χ3v) is 3.03. The van der Waals surface area contributed by atoms with Crippen LogP contribution in [0.5, 0.6) is 0 Å². The fraction of sp³-hybridized carbons (Fsp3) is 0.769. The van der Waals surface area contributed by atoms with Gasteiger partial charge in [0.2, 0.25) is 0 Å². The first kappa shape index (κ1) is 14.2. The molecule has 0 aliphatic heterocycles. The van der Waals surface area contributed by atoms with E-state index >= 15 is 0 Å². The van der Waals surface area contributed by atoms with Crippen LogP contribution in [-0.2, 0) is 6.54 Å². The molecule has 98 valence electrons. The molecule has 4 nitrogen and oxygen atoms in total. The topological polar surface area (TPSA) is 33.1 Å². The highest BCUT2D eigenvalue weighted by Gasteiger charge is 2.07. The largest absolute Gasteiger partial charge is 0.311 e. The van der Waals surface area contributed by atoms with Crippen LogP contribution in [0.1, 0.15) is 38.4 Å². The first-order chi connectivity index (χ1) is 8.15. The van der Waals surface area contributed by atoms with Crippen molar-refractivity contribution in [1.29, 1.82) is 0 Å². The van der Waals surface area contributed by atoms with Crippen LogP contribution in [0.15, 0.2) is 12.3 Å². The van der Waals surface area contributed by atoms with Gasteiger partial charge in [-0.05, 0) is 53.0 Å². The van der Waals surface area contributed by atoms with Crippen molar-refractivity contribution in [2.75, 3.05) is 27.2 Å². The standard InChI is InChI=1S/C13H26N4/c1-5-12(2)17-13(7-9-15-17)11-14-8-6-10-16(3)4/h7,9,12,14H,5-6,8,10-11H2,1-4H3/t12-/m1/s1. The van der Waals surface area contributed by atoms with Crippen molar-refractivity contribution < 1.29 is 0 Å². The highest BCUT2D eigenvalue weighted by molar-refractivity contribution is 5.01. The SMILES string of the molecule is CC[C@@H](C)n1nccc1CNCCCN(C)C. The molecule has 4 heteroatoms. The Bertz CT molecular complexity index is 306. The minimum Gasteiger partial charge on any atom is -0.311 e. The van der Waals surface area contributed by atoms with E-state index in [-0.39, 0.29) is 0 Å². The summed E-state index contributed by atoms with van der Waals surface area (Å²) in [5.74, 6) is 0. The summed E-state index contributed by atoms with van der Waals surface area (Å²) >= 11 is 0. The normalized spacial score (nSPS) is 13.2. The van der Waals surface area contributed by atoms with E-state index in [0.29, 0.717) is 6.04 Å². The fourth-order valence-corrected chi connectivity index (χ4v) is 1.79. The molecule has 1 N–H and O–H groups in total. The third-order valence-electron chi connectivity index (χ3n) is 3.03. The molecular weight excluding hydrogens is 212 g/mol. The minimum atomic E-state index is 0.489. The summed E-state index contributed by atoms with van der Waals surface area (Å²) in [5, 5.41) is 7.86. The molecule has 0 bridgehead atoms. The summed E-state index contributed by atoms with van der Waals surface area (Å²) in [5.41, 5.74) is 1.28. The Kier molecular flexibility index (Phi) is 6.22. The van der Waals surface area contributed by atoms with E-state index < -0.39 is 0 Å². The molecule has 1 rings (SSSR count). The van der Waals surface area contributed by atoms with Gasteiger partial charge >= 0.3 is 0 Å². The Morgan fingerprint density at radius 2 is 2.24 bits per heavy atom. The quantitative estimate of drug-likeness (QED) is 0.702. The molecule has 0 fully saturated rings. The van der Waals surface area contributed by atoms with Crippen molar-refractivity contribution in [2.45, 2.75) is 39.3 Å². The maximum Gasteiger partial charge on any atom is 0.0525 e. The molecule has 1 heterocycles. The van der Waals surface area contributed by atoms with E-state index in [4.69, 9.17) is 0 Å². The van der Waals surface area contributed by atoms with Gasteiger partial charge in [-0.15, -0.1) is 0 Å². The Morgan fingerprint density at radius 1 is 1.47 bits per heavy atom. The average molecular weight is 238 g/mol. The van der Waals surface area contributed by atoms with Crippen molar-refractivity contribution in [3.63, 3.8) is 0 Å². The molecular formula is C13H26N4. The molecule has 0 radical (unpaired) electrons. The summed E-state index contributed by atoms with van der Waals surface area (Å²) in [7, 11) is 4.22. The molecule has 0 unspecified atom stereocenters. The monoisotopic (exact) mass is 238 g/mol. The number of hydrogen-bond acceptors (Lipinski definition) is 3. The van der Waals surface area contributed by atoms with Gasteiger partial charge in [0.05, 0.1) is 5.69 Å². The first-order valence-corrected chi connectivity index (χ1v) is 6.53. The summed E-state index contributed by atoms with van der Waals surface area (Å²) in [6.45, 7) is 7.52. The lowest BCUT2D eigenvalue weighted by Crippen LogP contribution is -2.22. The summed E-state index contributed by atoms with van der Waals surface area (Å²) < 4.78 is 2.12. The number of rotatable bonds is 8. The van der Waals surface area contributed by atoms with Crippen LogP contribution >= 0.6 is 0 Å². The van der Waals surface area contributed by atoms with Gasteiger partial charge in [-0.3, -0.25) is 4.68 Å². The fourth-order valence-electron chi connectivity index (χ4n) is 1.79. The highest BCUT2D eigenvalue weighted by atomic mass is 15.3. The molecule has 1 atom stereocenters. The number of hydrogen-bond donors (Lipinski definition) is 1. The minimum absolute atomic E-state index is 0.489. The van der Waals surface area contributed by atoms with Crippen LogP contribution in [-0.4, -0.2) is 41.9 Å². The van der Waals surface area contributed by atoms with Crippen molar-refractivity contribution in [2.24, 2.45) is 0 Å². The van der Waals surface area contributed by atoms with Gasteiger partial charge in [0, 0.05) is 18.8 Å². The van der Waals surface area contributed by atoms with Gasteiger partial charge < -0.3 is 10.2 Å². The van der Waals surface area contributed by atoms with Crippen LogP contribution < -0.4 is 5.32 Å². The summed E-state index contributed by atoms with van der Waals surface area (Å²) in [4.78, 5) is 2.21. The zero-order valence-corrected chi connectivity index (χ0v) is 11.6.